The second kappa shape index (κ2) is 6.15. The van der Waals surface area contributed by atoms with E-state index in [1.54, 1.807) is 30.3 Å². The topological polar surface area (TPSA) is 34.1 Å². The molecule has 0 atom stereocenters. The molecule has 1 aliphatic rings. The van der Waals surface area contributed by atoms with Crippen LogP contribution in [0, 0.1) is 11.6 Å². The molecule has 0 bridgehead atoms. The minimum Gasteiger partial charge on any atom is -0.224 e. The van der Waals surface area contributed by atoms with Crippen LogP contribution in [0.25, 0.3) is 11.1 Å². The van der Waals surface area contributed by atoms with E-state index in [0.717, 1.165) is 29.5 Å². The van der Waals surface area contributed by atoms with E-state index in [9.17, 15) is 17.2 Å². The summed E-state index contributed by atoms with van der Waals surface area (Å²) in [6, 6.07) is 8.71. The van der Waals surface area contributed by atoms with Crippen molar-refractivity contribution in [3.63, 3.8) is 0 Å². The monoisotopic (exact) mass is 366 g/mol. The molecule has 2 nitrogen and oxygen atoms in total. The molecule has 2 aromatic rings. The number of hydrogen-bond donors (Lipinski definition) is 0. The average molecular weight is 367 g/mol. The number of benzene rings is 2. The second-order valence-electron chi connectivity index (χ2n) is 5.51. The van der Waals surface area contributed by atoms with Gasteiger partial charge in [-0.25, -0.2) is 17.2 Å². The molecule has 6 heteroatoms. The van der Waals surface area contributed by atoms with Crippen molar-refractivity contribution in [3.8, 4) is 0 Å². The Labute approximate surface area is 144 Å². The predicted molar refractivity (Wildman–Crippen MR) is 91.5 cm³/mol. The Kier molecular flexibility index (Phi) is 4.32. The van der Waals surface area contributed by atoms with Crippen LogP contribution in [0.4, 0.5) is 8.78 Å². The lowest BCUT2D eigenvalue weighted by Gasteiger charge is -2.12. The summed E-state index contributed by atoms with van der Waals surface area (Å²) in [5, 5.41) is 0.581. The lowest BCUT2D eigenvalue weighted by Crippen LogP contribution is -2.04. The standard InChI is InChI=1S/C18H13ClF2O2S/c1-24(22,23)18-10-16(20)15(9-17(18)21)14-4-2-3-13(14)11-5-7-12(19)8-6-11/h3-10H,2H2,1H3. The zero-order valence-corrected chi connectivity index (χ0v) is 14.3. The van der Waals surface area contributed by atoms with E-state index in [2.05, 4.69) is 0 Å². The zero-order chi connectivity index (χ0) is 17.5. The van der Waals surface area contributed by atoms with Gasteiger partial charge in [0.25, 0.3) is 0 Å². The van der Waals surface area contributed by atoms with Crippen molar-refractivity contribution in [1.29, 1.82) is 0 Å². The highest BCUT2D eigenvalue weighted by molar-refractivity contribution is 7.90. The predicted octanol–water partition coefficient (Wildman–Crippen LogP) is 4.89. The van der Waals surface area contributed by atoms with Gasteiger partial charge in [0, 0.05) is 16.8 Å². The van der Waals surface area contributed by atoms with Gasteiger partial charge in [-0.1, -0.05) is 35.9 Å². The quantitative estimate of drug-likeness (QED) is 0.774. The van der Waals surface area contributed by atoms with E-state index >= 15 is 0 Å². The maximum Gasteiger partial charge on any atom is 0.178 e. The summed E-state index contributed by atoms with van der Waals surface area (Å²) in [5.74, 6) is -1.73. The van der Waals surface area contributed by atoms with Gasteiger partial charge in [0.1, 0.15) is 16.5 Å². The highest BCUT2D eigenvalue weighted by atomic mass is 35.5. The second-order valence-corrected chi connectivity index (χ2v) is 7.93. The van der Waals surface area contributed by atoms with Crippen LogP contribution in [-0.4, -0.2) is 14.7 Å². The number of allylic oxidation sites excluding steroid dienone is 4. The van der Waals surface area contributed by atoms with Crippen molar-refractivity contribution in [2.24, 2.45) is 0 Å². The molecule has 0 amide bonds. The number of hydrogen-bond acceptors (Lipinski definition) is 2. The lowest BCUT2D eigenvalue weighted by atomic mass is 9.94. The molecule has 2 aromatic carbocycles. The van der Waals surface area contributed by atoms with Crippen molar-refractivity contribution in [3.05, 3.63) is 76.3 Å². The molecule has 1 aliphatic carbocycles. The molecule has 0 radical (unpaired) electrons. The summed E-state index contributed by atoms with van der Waals surface area (Å²) in [5.41, 5.74) is 2.17. The van der Waals surface area contributed by atoms with Crippen molar-refractivity contribution < 1.29 is 17.2 Å². The minimum atomic E-state index is -3.83. The molecule has 124 valence electrons. The van der Waals surface area contributed by atoms with Crippen LogP contribution in [0.2, 0.25) is 5.02 Å². The molecule has 0 saturated heterocycles. The first-order chi connectivity index (χ1) is 11.3. The molecule has 0 fully saturated rings. The third kappa shape index (κ3) is 3.14. The fourth-order valence-corrected chi connectivity index (χ4v) is 3.55. The summed E-state index contributed by atoms with van der Waals surface area (Å²) in [6.45, 7) is 0. The van der Waals surface area contributed by atoms with E-state index in [0.29, 0.717) is 17.0 Å². The van der Waals surface area contributed by atoms with Gasteiger partial charge in [-0.2, -0.15) is 0 Å². The van der Waals surface area contributed by atoms with Gasteiger partial charge >= 0.3 is 0 Å². The van der Waals surface area contributed by atoms with Crippen LogP contribution in [-0.2, 0) is 9.84 Å². The summed E-state index contributed by atoms with van der Waals surface area (Å²) >= 11 is 5.88. The lowest BCUT2D eigenvalue weighted by molar-refractivity contribution is 0.554. The Morgan fingerprint density at radius 2 is 1.58 bits per heavy atom. The van der Waals surface area contributed by atoms with Gasteiger partial charge in [-0.05, 0) is 47.4 Å². The molecule has 24 heavy (non-hydrogen) atoms. The van der Waals surface area contributed by atoms with Crippen molar-refractivity contribution in [1.82, 2.24) is 0 Å². The van der Waals surface area contributed by atoms with Gasteiger partial charge in [0.2, 0.25) is 0 Å². The minimum absolute atomic E-state index is 0.0404. The molecule has 0 N–H and O–H groups in total. The number of halogens is 3. The maximum absolute atomic E-state index is 14.4. The molecular weight excluding hydrogens is 354 g/mol. The molecule has 3 rings (SSSR count). The molecule has 0 heterocycles. The van der Waals surface area contributed by atoms with Gasteiger partial charge in [-0.15, -0.1) is 0 Å². The number of rotatable bonds is 3. The fraction of sp³-hybridized carbons (Fsp3) is 0.111. The Balaban J connectivity index is 2.08. The van der Waals surface area contributed by atoms with E-state index in [1.165, 1.54) is 0 Å². The van der Waals surface area contributed by atoms with Crippen LogP contribution >= 0.6 is 11.6 Å². The SMILES string of the molecule is CS(=O)(=O)c1cc(F)c(C2=CCC=C2c2ccc(Cl)cc2)cc1F. The first-order valence-corrected chi connectivity index (χ1v) is 9.40. The average Bonchev–Trinajstić information content (AvgIpc) is 2.98. The third-order valence-electron chi connectivity index (χ3n) is 3.80. The van der Waals surface area contributed by atoms with E-state index in [-0.39, 0.29) is 5.56 Å². The third-order valence-corrected chi connectivity index (χ3v) is 5.16. The highest BCUT2D eigenvalue weighted by Crippen LogP contribution is 2.38. The van der Waals surface area contributed by atoms with Gasteiger partial charge < -0.3 is 0 Å². The summed E-state index contributed by atoms with van der Waals surface area (Å²) in [6.07, 6.45) is 5.11. The van der Waals surface area contributed by atoms with E-state index in [1.807, 2.05) is 6.08 Å². The zero-order valence-electron chi connectivity index (χ0n) is 12.7. The molecule has 0 aliphatic heterocycles. The van der Waals surface area contributed by atoms with E-state index in [4.69, 9.17) is 11.6 Å². The summed E-state index contributed by atoms with van der Waals surface area (Å²) in [7, 11) is -3.83. The van der Waals surface area contributed by atoms with Gasteiger partial charge in [-0.3, -0.25) is 0 Å². The van der Waals surface area contributed by atoms with Crippen LogP contribution < -0.4 is 0 Å². The van der Waals surface area contributed by atoms with Crippen LogP contribution in [0.1, 0.15) is 17.5 Å². The van der Waals surface area contributed by atoms with Gasteiger partial charge in [0.05, 0.1) is 0 Å². The number of sulfone groups is 1. The smallest absolute Gasteiger partial charge is 0.178 e. The molecule has 0 unspecified atom stereocenters. The molecule has 0 saturated carbocycles. The van der Waals surface area contributed by atoms with Crippen LogP contribution in [0.5, 0.6) is 0 Å². The Bertz CT molecular complexity index is 975. The molecule has 0 aromatic heterocycles. The fourth-order valence-electron chi connectivity index (χ4n) is 2.69. The summed E-state index contributed by atoms with van der Waals surface area (Å²) < 4.78 is 51.6. The van der Waals surface area contributed by atoms with Crippen LogP contribution in [0.15, 0.2) is 53.4 Å². The first kappa shape index (κ1) is 16.9. The Morgan fingerprint density at radius 3 is 2.21 bits per heavy atom. The van der Waals surface area contributed by atoms with Crippen molar-refractivity contribution >= 4 is 32.6 Å². The Hall–Kier alpha value is -1.98. The van der Waals surface area contributed by atoms with Crippen LogP contribution in [0.3, 0.4) is 0 Å². The maximum atomic E-state index is 14.4. The largest absolute Gasteiger partial charge is 0.224 e. The van der Waals surface area contributed by atoms with Crippen molar-refractivity contribution in [2.75, 3.05) is 6.26 Å². The molecular formula is C18H13ClF2O2S. The first-order valence-electron chi connectivity index (χ1n) is 7.13. The summed E-state index contributed by atoms with van der Waals surface area (Å²) in [4.78, 5) is -0.639. The normalized spacial score (nSPS) is 14.5. The van der Waals surface area contributed by atoms with E-state index < -0.39 is 26.4 Å². The highest BCUT2D eigenvalue weighted by Gasteiger charge is 2.22. The van der Waals surface area contributed by atoms with Crippen molar-refractivity contribution in [2.45, 2.75) is 11.3 Å². The van der Waals surface area contributed by atoms with Gasteiger partial charge in [0.15, 0.2) is 9.84 Å². The molecule has 0 spiro atoms. The Morgan fingerprint density at radius 1 is 0.958 bits per heavy atom.